The zero-order chi connectivity index (χ0) is 16.1. The summed E-state index contributed by atoms with van der Waals surface area (Å²) in [4.78, 5) is 0. The van der Waals surface area contributed by atoms with Crippen LogP contribution in [0.5, 0.6) is 0 Å². The Morgan fingerprint density at radius 3 is 1.76 bits per heavy atom. The van der Waals surface area contributed by atoms with Crippen LogP contribution in [0.3, 0.4) is 0 Å². The first kappa shape index (κ1) is 21.2. The highest BCUT2D eigenvalue weighted by molar-refractivity contribution is 9.09. The van der Waals surface area contributed by atoms with Gasteiger partial charge in [0.2, 0.25) is 0 Å². The van der Waals surface area contributed by atoms with E-state index in [9.17, 15) is 0 Å². The van der Waals surface area contributed by atoms with E-state index < -0.39 is 0 Å². The molecular weight excluding hydrogens is 320 g/mol. The van der Waals surface area contributed by atoms with E-state index >= 15 is 0 Å². The predicted molar refractivity (Wildman–Crippen MR) is 102 cm³/mol. The first-order valence-electron chi connectivity index (χ1n) is 9.17. The summed E-state index contributed by atoms with van der Waals surface area (Å²) in [5.41, 5.74) is 1.54. The van der Waals surface area contributed by atoms with Crippen LogP contribution in [-0.4, -0.2) is 5.33 Å². The van der Waals surface area contributed by atoms with E-state index in [1.807, 2.05) is 0 Å². The standard InChI is InChI=1S/C20H39Br/c1-17(2)9-6-10-18(3)11-7-12-19(4)13-8-14-20(5)15-16-21/h15,17-19H,6-14,16H2,1-5H3/b20-15+/t18-,19-/m1/s1. The van der Waals surface area contributed by atoms with Gasteiger partial charge in [0.25, 0.3) is 0 Å². The molecule has 0 aromatic heterocycles. The summed E-state index contributed by atoms with van der Waals surface area (Å²) in [7, 11) is 0. The van der Waals surface area contributed by atoms with Gasteiger partial charge in [-0.1, -0.05) is 100 Å². The zero-order valence-electron chi connectivity index (χ0n) is 15.3. The molecule has 0 aromatic carbocycles. The number of alkyl halides is 1. The van der Waals surface area contributed by atoms with Crippen molar-refractivity contribution in [1.82, 2.24) is 0 Å². The molecule has 126 valence electrons. The summed E-state index contributed by atoms with van der Waals surface area (Å²) in [5, 5.41) is 1.00. The first-order valence-corrected chi connectivity index (χ1v) is 10.3. The maximum absolute atomic E-state index is 3.47. The van der Waals surface area contributed by atoms with Crippen molar-refractivity contribution in [2.75, 3.05) is 5.33 Å². The number of allylic oxidation sites excluding steroid dienone is 2. The third kappa shape index (κ3) is 14.9. The van der Waals surface area contributed by atoms with Crippen LogP contribution in [-0.2, 0) is 0 Å². The molecular formula is C20H39Br. The molecule has 0 fully saturated rings. The highest BCUT2D eigenvalue weighted by Crippen LogP contribution is 2.22. The van der Waals surface area contributed by atoms with Gasteiger partial charge in [0.05, 0.1) is 0 Å². The quantitative estimate of drug-likeness (QED) is 0.233. The minimum absolute atomic E-state index is 0.874. The van der Waals surface area contributed by atoms with Gasteiger partial charge in [0, 0.05) is 5.33 Å². The fourth-order valence-corrected chi connectivity index (χ4v) is 3.49. The molecule has 0 aliphatic carbocycles. The Kier molecular flexibility index (Phi) is 14.0. The lowest BCUT2D eigenvalue weighted by Gasteiger charge is -2.15. The Bertz CT molecular complexity index is 255. The molecule has 0 bridgehead atoms. The molecule has 0 heterocycles. The van der Waals surface area contributed by atoms with Crippen LogP contribution < -0.4 is 0 Å². The maximum atomic E-state index is 3.47. The van der Waals surface area contributed by atoms with Crippen LogP contribution >= 0.6 is 15.9 Å². The molecule has 0 unspecified atom stereocenters. The van der Waals surface area contributed by atoms with Gasteiger partial charge in [-0.3, -0.25) is 0 Å². The van der Waals surface area contributed by atoms with Gasteiger partial charge in [-0.2, -0.15) is 0 Å². The topological polar surface area (TPSA) is 0 Å². The van der Waals surface area contributed by atoms with Gasteiger partial charge in [0.15, 0.2) is 0 Å². The van der Waals surface area contributed by atoms with Gasteiger partial charge < -0.3 is 0 Å². The average molecular weight is 359 g/mol. The monoisotopic (exact) mass is 358 g/mol. The Labute approximate surface area is 143 Å². The van der Waals surface area contributed by atoms with Gasteiger partial charge in [-0.25, -0.2) is 0 Å². The number of hydrogen-bond acceptors (Lipinski definition) is 0. The van der Waals surface area contributed by atoms with E-state index in [0.29, 0.717) is 0 Å². The maximum Gasteiger partial charge on any atom is 0.0214 e. The van der Waals surface area contributed by atoms with Crippen molar-refractivity contribution in [2.45, 2.75) is 92.4 Å². The minimum Gasteiger partial charge on any atom is -0.0883 e. The lowest BCUT2D eigenvalue weighted by Crippen LogP contribution is -2.00. The molecule has 0 nitrogen and oxygen atoms in total. The average Bonchev–Trinajstić information content (AvgIpc) is 2.38. The van der Waals surface area contributed by atoms with Crippen molar-refractivity contribution in [2.24, 2.45) is 17.8 Å². The summed E-state index contributed by atoms with van der Waals surface area (Å²) < 4.78 is 0. The van der Waals surface area contributed by atoms with Gasteiger partial charge in [0.1, 0.15) is 0 Å². The van der Waals surface area contributed by atoms with Gasteiger partial charge >= 0.3 is 0 Å². The highest BCUT2D eigenvalue weighted by Gasteiger charge is 2.06. The summed E-state index contributed by atoms with van der Waals surface area (Å²) in [6, 6.07) is 0. The summed E-state index contributed by atoms with van der Waals surface area (Å²) >= 11 is 3.47. The van der Waals surface area contributed by atoms with E-state index in [1.54, 1.807) is 0 Å². The molecule has 0 radical (unpaired) electrons. The van der Waals surface area contributed by atoms with E-state index in [2.05, 4.69) is 56.6 Å². The molecule has 0 saturated heterocycles. The Morgan fingerprint density at radius 2 is 1.29 bits per heavy atom. The second-order valence-corrected chi connectivity index (χ2v) is 8.21. The van der Waals surface area contributed by atoms with E-state index in [4.69, 9.17) is 0 Å². The number of hydrogen-bond donors (Lipinski definition) is 0. The molecule has 0 aliphatic heterocycles. The van der Waals surface area contributed by atoms with Crippen molar-refractivity contribution >= 4 is 15.9 Å². The fraction of sp³-hybridized carbons (Fsp3) is 0.900. The second kappa shape index (κ2) is 13.9. The summed E-state index contributed by atoms with van der Waals surface area (Å²) in [6.07, 6.45) is 14.9. The van der Waals surface area contributed by atoms with E-state index in [1.165, 1.54) is 63.4 Å². The molecule has 0 rings (SSSR count). The molecule has 0 aromatic rings. The fourth-order valence-electron chi connectivity index (χ4n) is 2.94. The second-order valence-electron chi connectivity index (χ2n) is 7.56. The molecule has 1 heteroatoms. The highest BCUT2D eigenvalue weighted by atomic mass is 79.9. The molecule has 21 heavy (non-hydrogen) atoms. The molecule has 0 aliphatic rings. The van der Waals surface area contributed by atoms with Crippen LogP contribution in [0.15, 0.2) is 11.6 Å². The third-order valence-electron chi connectivity index (χ3n) is 4.57. The van der Waals surface area contributed by atoms with Gasteiger partial charge in [-0.05, 0) is 37.5 Å². The molecule has 0 amide bonds. The van der Waals surface area contributed by atoms with Crippen molar-refractivity contribution < 1.29 is 0 Å². The minimum atomic E-state index is 0.874. The molecule has 0 saturated carbocycles. The number of halogens is 1. The van der Waals surface area contributed by atoms with Crippen LogP contribution in [0.25, 0.3) is 0 Å². The van der Waals surface area contributed by atoms with Crippen LogP contribution in [0.4, 0.5) is 0 Å². The molecule has 0 spiro atoms. The zero-order valence-corrected chi connectivity index (χ0v) is 16.8. The van der Waals surface area contributed by atoms with Crippen molar-refractivity contribution in [3.05, 3.63) is 11.6 Å². The summed E-state index contributed by atoms with van der Waals surface area (Å²) in [5.74, 6) is 2.71. The molecule has 2 atom stereocenters. The third-order valence-corrected chi connectivity index (χ3v) is 4.89. The Hall–Kier alpha value is 0.220. The summed E-state index contributed by atoms with van der Waals surface area (Å²) in [6.45, 7) is 11.8. The largest absolute Gasteiger partial charge is 0.0883 e. The van der Waals surface area contributed by atoms with E-state index in [-0.39, 0.29) is 0 Å². The SMILES string of the molecule is C/C(=C\CBr)CCC[C@H](C)CCC[C@H](C)CCCC(C)C. The smallest absolute Gasteiger partial charge is 0.0214 e. The lowest BCUT2D eigenvalue weighted by atomic mass is 9.91. The Balaban J connectivity index is 3.52. The Morgan fingerprint density at radius 1 is 0.810 bits per heavy atom. The van der Waals surface area contributed by atoms with Crippen molar-refractivity contribution in [3.8, 4) is 0 Å². The van der Waals surface area contributed by atoms with Crippen LogP contribution in [0.1, 0.15) is 92.4 Å². The predicted octanol–water partition coefficient (Wildman–Crippen LogP) is 7.77. The lowest BCUT2D eigenvalue weighted by molar-refractivity contribution is 0.389. The normalized spacial score (nSPS) is 15.5. The molecule has 0 N–H and O–H groups in total. The van der Waals surface area contributed by atoms with E-state index in [0.717, 1.165) is 23.1 Å². The van der Waals surface area contributed by atoms with Crippen LogP contribution in [0.2, 0.25) is 0 Å². The first-order chi connectivity index (χ1) is 9.95. The number of rotatable bonds is 13. The van der Waals surface area contributed by atoms with Gasteiger partial charge in [-0.15, -0.1) is 0 Å². The van der Waals surface area contributed by atoms with Crippen molar-refractivity contribution in [1.29, 1.82) is 0 Å². The van der Waals surface area contributed by atoms with Crippen molar-refractivity contribution in [3.63, 3.8) is 0 Å². The van der Waals surface area contributed by atoms with Crippen LogP contribution in [0, 0.1) is 17.8 Å².